The second-order valence-electron chi connectivity index (χ2n) is 3.88. The Kier molecular flexibility index (Phi) is 3.45. The van der Waals surface area contributed by atoms with E-state index in [0.29, 0.717) is 0 Å². The van der Waals surface area contributed by atoms with Gasteiger partial charge in [0.25, 0.3) is 0 Å². The average molecular weight is 206 g/mol. The number of hydrogen-bond donors (Lipinski definition) is 2. The molecule has 0 spiro atoms. The highest BCUT2D eigenvalue weighted by Crippen LogP contribution is 2.18. The largest absolute Gasteiger partial charge is 0.497 e. The van der Waals surface area contributed by atoms with Crippen molar-refractivity contribution in [2.75, 3.05) is 25.5 Å². The van der Waals surface area contributed by atoms with Crippen LogP contribution < -0.4 is 15.4 Å². The molecule has 2 N–H and O–H groups in total. The van der Waals surface area contributed by atoms with Crippen LogP contribution in [0.4, 0.5) is 5.69 Å². The van der Waals surface area contributed by atoms with Crippen LogP contribution in [0.15, 0.2) is 24.3 Å². The Hall–Kier alpha value is -1.22. The number of hydrogen-bond acceptors (Lipinski definition) is 3. The normalized spacial score (nSPS) is 15.0. The first-order chi connectivity index (χ1) is 7.38. The highest BCUT2D eigenvalue weighted by atomic mass is 16.5. The molecule has 0 unspecified atom stereocenters. The smallest absolute Gasteiger partial charge is 0.119 e. The zero-order valence-corrected chi connectivity index (χ0v) is 9.12. The van der Waals surface area contributed by atoms with Crippen LogP contribution in [0.3, 0.4) is 0 Å². The van der Waals surface area contributed by atoms with Gasteiger partial charge in [-0.3, -0.25) is 0 Å². The third-order valence-corrected chi connectivity index (χ3v) is 2.55. The van der Waals surface area contributed by atoms with Crippen LogP contribution in [0.25, 0.3) is 0 Å². The molecule has 1 aliphatic carbocycles. The quantitative estimate of drug-likeness (QED) is 0.697. The Balaban J connectivity index is 1.67. The van der Waals surface area contributed by atoms with E-state index in [1.54, 1.807) is 7.11 Å². The Morgan fingerprint density at radius 2 is 1.93 bits per heavy atom. The van der Waals surface area contributed by atoms with Crippen molar-refractivity contribution in [2.24, 2.45) is 0 Å². The average Bonchev–Trinajstić information content (AvgIpc) is 3.09. The van der Waals surface area contributed by atoms with Crippen molar-refractivity contribution in [3.05, 3.63) is 24.3 Å². The molecule has 1 aromatic rings. The lowest BCUT2D eigenvalue weighted by molar-refractivity contribution is 0.415. The minimum atomic E-state index is 0.794. The maximum Gasteiger partial charge on any atom is 0.119 e. The molecule has 82 valence electrons. The molecule has 0 saturated heterocycles. The summed E-state index contributed by atoms with van der Waals surface area (Å²) in [6.07, 6.45) is 2.70. The summed E-state index contributed by atoms with van der Waals surface area (Å²) in [5, 5.41) is 6.82. The molecular formula is C12H18N2O. The molecule has 0 atom stereocenters. The molecule has 0 aliphatic heterocycles. The molecule has 2 rings (SSSR count). The number of methoxy groups -OCH3 is 1. The molecule has 3 nitrogen and oxygen atoms in total. The van der Waals surface area contributed by atoms with Crippen molar-refractivity contribution in [1.29, 1.82) is 0 Å². The summed E-state index contributed by atoms with van der Waals surface area (Å²) >= 11 is 0. The molecular weight excluding hydrogens is 188 g/mol. The predicted molar refractivity (Wildman–Crippen MR) is 62.5 cm³/mol. The van der Waals surface area contributed by atoms with Crippen LogP contribution in [-0.4, -0.2) is 26.2 Å². The van der Waals surface area contributed by atoms with Gasteiger partial charge in [-0.05, 0) is 37.1 Å². The maximum atomic E-state index is 5.09. The molecule has 1 fully saturated rings. The molecule has 0 aromatic heterocycles. The Morgan fingerprint density at radius 3 is 2.53 bits per heavy atom. The minimum Gasteiger partial charge on any atom is -0.497 e. The first-order valence-corrected chi connectivity index (χ1v) is 5.50. The molecule has 1 aliphatic rings. The van der Waals surface area contributed by atoms with E-state index < -0.39 is 0 Å². The monoisotopic (exact) mass is 206 g/mol. The number of nitrogens with one attached hydrogen (secondary N) is 2. The van der Waals surface area contributed by atoms with E-state index in [1.165, 1.54) is 12.8 Å². The lowest BCUT2D eigenvalue weighted by Gasteiger charge is -2.07. The van der Waals surface area contributed by atoms with Crippen LogP contribution >= 0.6 is 0 Å². The number of anilines is 1. The van der Waals surface area contributed by atoms with Crippen molar-refractivity contribution in [2.45, 2.75) is 18.9 Å². The molecule has 1 aromatic carbocycles. The van der Waals surface area contributed by atoms with Gasteiger partial charge >= 0.3 is 0 Å². The van der Waals surface area contributed by atoms with Crippen LogP contribution in [0.2, 0.25) is 0 Å². The van der Waals surface area contributed by atoms with Crippen LogP contribution in [-0.2, 0) is 0 Å². The van der Waals surface area contributed by atoms with Gasteiger partial charge < -0.3 is 15.4 Å². The van der Waals surface area contributed by atoms with E-state index in [9.17, 15) is 0 Å². The van der Waals surface area contributed by atoms with Crippen LogP contribution in [0.1, 0.15) is 12.8 Å². The van der Waals surface area contributed by atoms with Gasteiger partial charge in [0.15, 0.2) is 0 Å². The van der Waals surface area contributed by atoms with Crippen molar-refractivity contribution < 1.29 is 4.74 Å². The number of ether oxygens (including phenoxy) is 1. The summed E-state index contributed by atoms with van der Waals surface area (Å²) in [5.74, 6) is 0.900. The van der Waals surface area contributed by atoms with E-state index >= 15 is 0 Å². The fourth-order valence-corrected chi connectivity index (χ4v) is 1.48. The van der Waals surface area contributed by atoms with Gasteiger partial charge in [-0.25, -0.2) is 0 Å². The van der Waals surface area contributed by atoms with E-state index in [-0.39, 0.29) is 0 Å². The van der Waals surface area contributed by atoms with Gasteiger partial charge in [0.2, 0.25) is 0 Å². The number of rotatable bonds is 6. The first kappa shape index (κ1) is 10.3. The predicted octanol–water partition coefficient (Wildman–Crippen LogP) is 1.86. The third-order valence-electron chi connectivity index (χ3n) is 2.55. The second-order valence-corrected chi connectivity index (χ2v) is 3.88. The third kappa shape index (κ3) is 3.44. The molecule has 0 amide bonds. The summed E-state index contributed by atoms with van der Waals surface area (Å²) in [6.45, 7) is 2.01. The zero-order chi connectivity index (χ0) is 10.5. The minimum absolute atomic E-state index is 0.794. The maximum absolute atomic E-state index is 5.09. The summed E-state index contributed by atoms with van der Waals surface area (Å²) in [5.41, 5.74) is 1.15. The summed E-state index contributed by atoms with van der Waals surface area (Å²) in [6, 6.07) is 8.81. The van der Waals surface area contributed by atoms with Crippen molar-refractivity contribution >= 4 is 5.69 Å². The Morgan fingerprint density at radius 1 is 1.20 bits per heavy atom. The fraction of sp³-hybridized carbons (Fsp3) is 0.500. The Labute approximate surface area is 90.8 Å². The lowest BCUT2D eigenvalue weighted by atomic mass is 10.3. The standard InChI is InChI=1S/C12H18N2O/c1-15-12-6-4-11(5-7-12)14-9-8-13-10-2-3-10/h4-7,10,13-14H,2-3,8-9H2,1H3. The van der Waals surface area contributed by atoms with Crippen molar-refractivity contribution in [3.63, 3.8) is 0 Å². The van der Waals surface area contributed by atoms with Gasteiger partial charge in [0, 0.05) is 24.8 Å². The zero-order valence-electron chi connectivity index (χ0n) is 9.12. The summed E-state index contributed by atoms with van der Waals surface area (Å²) in [7, 11) is 1.68. The SMILES string of the molecule is COc1ccc(NCCNC2CC2)cc1. The highest BCUT2D eigenvalue weighted by molar-refractivity contribution is 5.46. The highest BCUT2D eigenvalue weighted by Gasteiger charge is 2.19. The van der Waals surface area contributed by atoms with E-state index in [1.807, 2.05) is 24.3 Å². The molecule has 3 heteroatoms. The van der Waals surface area contributed by atoms with Gasteiger partial charge in [-0.2, -0.15) is 0 Å². The van der Waals surface area contributed by atoms with Crippen molar-refractivity contribution in [1.82, 2.24) is 5.32 Å². The molecule has 0 radical (unpaired) electrons. The number of benzene rings is 1. The van der Waals surface area contributed by atoms with E-state index in [2.05, 4.69) is 10.6 Å². The molecule has 0 heterocycles. The van der Waals surface area contributed by atoms with E-state index in [4.69, 9.17) is 4.74 Å². The van der Waals surface area contributed by atoms with Crippen molar-refractivity contribution in [3.8, 4) is 5.75 Å². The summed E-state index contributed by atoms with van der Waals surface area (Å²) in [4.78, 5) is 0. The van der Waals surface area contributed by atoms with Crippen LogP contribution in [0.5, 0.6) is 5.75 Å². The second kappa shape index (κ2) is 5.03. The van der Waals surface area contributed by atoms with Gasteiger partial charge in [0.05, 0.1) is 7.11 Å². The van der Waals surface area contributed by atoms with Gasteiger partial charge in [0.1, 0.15) is 5.75 Å². The van der Waals surface area contributed by atoms with E-state index in [0.717, 1.165) is 30.6 Å². The Bertz CT molecular complexity index is 293. The first-order valence-electron chi connectivity index (χ1n) is 5.50. The van der Waals surface area contributed by atoms with Crippen LogP contribution in [0, 0.1) is 0 Å². The topological polar surface area (TPSA) is 33.3 Å². The fourth-order valence-electron chi connectivity index (χ4n) is 1.48. The molecule has 1 saturated carbocycles. The molecule has 15 heavy (non-hydrogen) atoms. The lowest BCUT2D eigenvalue weighted by Crippen LogP contribution is -2.23. The van der Waals surface area contributed by atoms with Gasteiger partial charge in [-0.1, -0.05) is 0 Å². The van der Waals surface area contributed by atoms with Gasteiger partial charge in [-0.15, -0.1) is 0 Å². The molecule has 0 bridgehead atoms. The summed E-state index contributed by atoms with van der Waals surface area (Å²) < 4.78 is 5.09.